The number of para-hydroxylation sites is 2. The average molecular weight is 375 g/mol. The molecule has 0 saturated carbocycles. The summed E-state index contributed by atoms with van der Waals surface area (Å²) in [4.78, 5) is 12.6. The quantitative estimate of drug-likeness (QED) is 0.606. The maximum Gasteiger partial charge on any atom is 0.227 e. The summed E-state index contributed by atoms with van der Waals surface area (Å²) in [6, 6.07) is 25.1. The number of nitrogens with one attached hydrogen (secondary N) is 1. The first kappa shape index (κ1) is 19.5. The van der Waals surface area contributed by atoms with E-state index in [-0.39, 0.29) is 11.8 Å². The van der Waals surface area contributed by atoms with Crippen LogP contribution in [0.5, 0.6) is 17.2 Å². The number of carbonyl (C=O) groups excluding carboxylic acids is 1. The molecule has 0 heterocycles. The van der Waals surface area contributed by atoms with E-state index in [4.69, 9.17) is 9.47 Å². The van der Waals surface area contributed by atoms with Gasteiger partial charge >= 0.3 is 0 Å². The van der Waals surface area contributed by atoms with Crippen LogP contribution in [0, 0.1) is 0 Å². The smallest absolute Gasteiger partial charge is 0.227 e. The Kier molecular flexibility index (Phi) is 6.68. The van der Waals surface area contributed by atoms with Crippen molar-refractivity contribution in [3.8, 4) is 17.2 Å². The standard InChI is InChI=1S/C24H25NO3/c1-18(24(26)25-16-15-19-9-6-7-14-23(19)27-2)20-10-8-13-22(17-20)28-21-11-4-3-5-12-21/h3-14,17-18H,15-16H2,1-2H3,(H,25,26)/t18-/m0/s1. The van der Waals surface area contributed by atoms with Crippen molar-refractivity contribution in [2.45, 2.75) is 19.3 Å². The molecule has 144 valence electrons. The highest BCUT2D eigenvalue weighted by atomic mass is 16.5. The molecule has 0 unspecified atom stereocenters. The molecule has 0 aromatic heterocycles. The minimum Gasteiger partial charge on any atom is -0.496 e. The maximum absolute atomic E-state index is 12.6. The van der Waals surface area contributed by atoms with Crippen molar-refractivity contribution in [3.63, 3.8) is 0 Å². The second-order valence-corrected chi connectivity index (χ2v) is 6.56. The second kappa shape index (κ2) is 9.60. The molecule has 4 heteroatoms. The molecule has 3 aromatic carbocycles. The van der Waals surface area contributed by atoms with Gasteiger partial charge in [-0.2, -0.15) is 0 Å². The van der Waals surface area contributed by atoms with E-state index in [0.29, 0.717) is 6.54 Å². The van der Waals surface area contributed by atoms with E-state index in [1.165, 1.54) is 0 Å². The molecule has 0 bridgehead atoms. The summed E-state index contributed by atoms with van der Waals surface area (Å²) in [7, 11) is 1.66. The van der Waals surface area contributed by atoms with Gasteiger partial charge in [0.2, 0.25) is 5.91 Å². The summed E-state index contributed by atoms with van der Waals surface area (Å²) in [5.41, 5.74) is 2.00. The van der Waals surface area contributed by atoms with Crippen molar-refractivity contribution >= 4 is 5.91 Å². The lowest BCUT2D eigenvalue weighted by Gasteiger charge is -2.15. The largest absolute Gasteiger partial charge is 0.496 e. The van der Waals surface area contributed by atoms with Crippen LogP contribution in [0.1, 0.15) is 24.0 Å². The Morgan fingerprint density at radius 3 is 2.43 bits per heavy atom. The van der Waals surface area contributed by atoms with Gasteiger partial charge in [-0.3, -0.25) is 4.79 Å². The molecule has 0 aliphatic heterocycles. The van der Waals surface area contributed by atoms with Gasteiger partial charge in [0.1, 0.15) is 17.2 Å². The van der Waals surface area contributed by atoms with Gasteiger partial charge in [-0.05, 0) is 54.8 Å². The summed E-state index contributed by atoms with van der Waals surface area (Å²) in [5, 5.41) is 3.01. The van der Waals surface area contributed by atoms with Crippen LogP contribution in [0.25, 0.3) is 0 Å². The fourth-order valence-corrected chi connectivity index (χ4v) is 3.01. The van der Waals surface area contributed by atoms with Gasteiger partial charge in [0.25, 0.3) is 0 Å². The van der Waals surface area contributed by atoms with Crippen LogP contribution in [0.15, 0.2) is 78.9 Å². The van der Waals surface area contributed by atoms with Crippen LogP contribution in [0.3, 0.4) is 0 Å². The van der Waals surface area contributed by atoms with Gasteiger partial charge in [-0.25, -0.2) is 0 Å². The zero-order chi connectivity index (χ0) is 19.8. The molecule has 0 radical (unpaired) electrons. The molecular weight excluding hydrogens is 350 g/mol. The van der Waals surface area contributed by atoms with E-state index in [9.17, 15) is 4.79 Å². The van der Waals surface area contributed by atoms with Crippen molar-refractivity contribution in [1.29, 1.82) is 0 Å². The molecule has 0 aliphatic rings. The highest BCUT2D eigenvalue weighted by Crippen LogP contribution is 2.25. The van der Waals surface area contributed by atoms with Crippen LogP contribution in [-0.2, 0) is 11.2 Å². The summed E-state index contributed by atoms with van der Waals surface area (Å²) in [5.74, 6) is 2.06. The fraction of sp³-hybridized carbons (Fsp3) is 0.208. The topological polar surface area (TPSA) is 47.6 Å². The predicted molar refractivity (Wildman–Crippen MR) is 111 cm³/mol. The van der Waals surface area contributed by atoms with Gasteiger partial charge in [0, 0.05) is 6.54 Å². The minimum atomic E-state index is -0.267. The SMILES string of the molecule is COc1ccccc1CCNC(=O)[C@@H](C)c1cccc(Oc2ccccc2)c1. The van der Waals surface area contributed by atoms with Gasteiger partial charge in [0.15, 0.2) is 0 Å². The van der Waals surface area contributed by atoms with Crippen LogP contribution >= 0.6 is 0 Å². The van der Waals surface area contributed by atoms with E-state index in [2.05, 4.69) is 5.32 Å². The molecule has 0 fully saturated rings. The van der Waals surface area contributed by atoms with Crippen molar-refractivity contribution in [2.75, 3.05) is 13.7 Å². The highest BCUT2D eigenvalue weighted by Gasteiger charge is 2.15. The van der Waals surface area contributed by atoms with Gasteiger partial charge < -0.3 is 14.8 Å². The molecular formula is C24H25NO3. The van der Waals surface area contributed by atoms with E-state index in [0.717, 1.165) is 34.8 Å². The molecule has 0 saturated heterocycles. The third-order valence-electron chi connectivity index (χ3n) is 4.62. The summed E-state index contributed by atoms with van der Waals surface area (Å²) >= 11 is 0. The molecule has 1 atom stereocenters. The Balaban J connectivity index is 1.58. The first-order valence-electron chi connectivity index (χ1n) is 9.40. The highest BCUT2D eigenvalue weighted by molar-refractivity contribution is 5.83. The minimum absolute atomic E-state index is 0.00763. The van der Waals surface area contributed by atoms with Crippen molar-refractivity contribution in [1.82, 2.24) is 5.32 Å². The number of ether oxygens (including phenoxy) is 2. The van der Waals surface area contributed by atoms with E-state index >= 15 is 0 Å². The summed E-state index contributed by atoms with van der Waals surface area (Å²) in [6.45, 7) is 2.46. The monoisotopic (exact) mass is 375 g/mol. The number of carbonyl (C=O) groups is 1. The Hall–Kier alpha value is -3.27. The average Bonchev–Trinajstić information content (AvgIpc) is 2.74. The third-order valence-corrected chi connectivity index (χ3v) is 4.62. The second-order valence-electron chi connectivity index (χ2n) is 6.56. The van der Waals surface area contributed by atoms with Crippen molar-refractivity contribution in [2.24, 2.45) is 0 Å². The first-order chi connectivity index (χ1) is 13.7. The lowest BCUT2D eigenvalue weighted by Crippen LogP contribution is -2.29. The predicted octanol–water partition coefficient (Wildman–Crippen LogP) is 4.95. The number of hydrogen-bond acceptors (Lipinski definition) is 3. The molecule has 3 rings (SSSR count). The van der Waals surface area contributed by atoms with Crippen LogP contribution < -0.4 is 14.8 Å². The summed E-state index contributed by atoms with van der Waals surface area (Å²) < 4.78 is 11.2. The normalized spacial score (nSPS) is 11.5. The van der Waals surface area contributed by atoms with E-state index < -0.39 is 0 Å². The molecule has 1 N–H and O–H groups in total. The zero-order valence-electron chi connectivity index (χ0n) is 16.2. The number of amides is 1. The molecule has 0 spiro atoms. The van der Waals surface area contributed by atoms with Gasteiger partial charge in [-0.15, -0.1) is 0 Å². The van der Waals surface area contributed by atoms with Crippen LogP contribution in [0.4, 0.5) is 0 Å². The Bertz CT molecular complexity index is 908. The van der Waals surface area contributed by atoms with Gasteiger partial charge in [0.05, 0.1) is 13.0 Å². The fourth-order valence-electron chi connectivity index (χ4n) is 3.01. The lowest BCUT2D eigenvalue weighted by atomic mass is 10.00. The number of rotatable bonds is 8. The molecule has 0 aliphatic carbocycles. The van der Waals surface area contributed by atoms with Crippen molar-refractivity contribution in [3.05, 3.63) is 90.0 Å². The number of methoxy groups -OCH3 is 1. The van der Waals surface area contributed by atoms with E-state index in [1.54, 1.807) is 7.11 Å². The zero-order valence-corrected chi connectivity index (χ0v) is 16.2. The Labute approximate surface area is 166 Å². The third kappa shape index (κ3) is 5.13. The molecule has 28 heavy (non-hydrogen) atoms. The Morgan fingerprint density at radius 2 is 1.64 bits per heavy atom. The number of hydrogen-bond donors (Lipinski definition) is 1. The molecule has 1 amide bonds. The van der Waals surface area contributed by atoms with Crippen LogP contribution in [0.2, 0.25) is 0 Å². The van der Waals surface area contributed by atoms with E-state index in [1.807, 2.05) is 85.8 Å². The first-order valence-corrected chi connectivity index (χ1v) is 9.40. The lowest BCUT2D eigenvalue weighted by molar-refractivity contribution is -0.122. The Morgan fingerprint density at radius 1 is 0.929 bits per heavy atom. The van der Waals surface area contributed by atoms with Gasteiger partial charge in [-0.1, -0.05) is 48.5 Å². The summed E-state index contributed by atoms with van der Waals surface area (Å²) in [6.07, 6.45) is 0.722. The van der Waals surface area contributed by atoms with Crippen molar-refractivity contribution < 1.29 is 14.3 Å². The number of benzene rings is 3. The van der Waals surface area contributed by atoms with Crippen LogP contribution in [-0.4, -0.2) is 19.6 Å². The molecule has 3 aromatic rings. The molecule has 4 nitrogen and oxygen atoms in total. The maximum atomic E-state index is 12.6.